The van der Waals surface area contributed by atoms with Crippen molar-refractivity contribution < 1.29 is 13.5 Å². The molecule has 0 bridgehead atoms. The van der Waals surface area contributed by atoms with Gasteiger partial charge in [-0.05, 0) is 30.7 Å². The Kier molecular flexibility index (Phi) is 7.40. The fourth-order valence-corrected chi connectivity index (χ4v) is 2.55. The number of hydrogen-bond donors (Lipinski definition) is 2. The smallest absolute Gasteiger partial charge is 0.387 e. The van der Waals surface area contributed by atoms with E-state index < -0.39 is 6.61 Å². The standard InChI is InChI=1S/C20H26F2N4O/c1-14-5-10-18(27-19(21)22)16(11-14)13-25-20(23-2)24-12-15-6-8-17(9-7-15)26(3)4/h5-11,19H,12-13H2,1-4H3,(H2,23,24,25). The molecule has 5 nitrogen and oxygen atoms in total. The number of anilines is 1. The normalized spacial score (nSPS) is 11.4. The van der Waals surface area contributed by atoms with Gasteiger partial charge in [0.1, 0.15) is 5.75 Å². The molecule has 0 aliphatic carbocycles. The predicted molar refractivity (Wildman–Crippen MR) is 106 cm³/mol. The molecule has 2 rings (SSSR count). The number of nitrogens with one attached hydrogen (secondary N) is 2. The number of ether oxygens (including phenoxy) is 1. The second kappa shape index (κ2) is 9.75. The van der Waals surface area contributed by atoms with Crippen LogP contribution in [0, 0.1) is 6.92 Å². The average Bonchev–Trinajstić information content (AvgIpc) is 2.64. The van der Waals surface area contributed by atoms with Crippen molar-refractivity contribution in [3.05, 3.63) is 59.2 Å². The van der Waals surface area contributed by atoms with E-state index in [9.17, 15) is 8.78 Å². The molecule has 2 aromatic carbocycles. The number of rotatable bonds is 7. The van der Waals surface area contributed by atoms with Gasteiger partial charge in [-0.2, -0.15) is 8.78 Å². The summed E-state index contributed by atoms with van der Waals surface area (Å²) in [6, 6.07) is 13.3. The number of halogens is 2. The lowest BCUT2D eigenvalue weighted by atomic mass is 10.1. The number of guanidine groups is 1. The Morgan fingerprint density at radius 3 is 2.33 bits per heavy atom. The molecule has 0 aliphatic rings. The van der Waals surface area contributed by atoms with Gasteiger partial charge >= 0.3 is 6.61 Å². The van der Waals surface area contributed by atoms with E-state index in [0.717, 1.165) is 16.8 Å². The molecule has 0 atom stereocenters. The zero-order valence-corrected chi connectivity index (χ0v) is 16.1. The van der Waals surface area contributed by atoms with Crippen LogP contribution in [0.15, 0.2) is 47.5 Å². The lowest BCUT2D eigenvalue weighted by Crippen LogP contribution is -2.36. The third-order valence-electron chi connectivity index (χ3n) is 4.01. The molecule has 0 aromatic heterocycles. The molecule has 0 amide bonds. The minimum Gasteiger partial charge on any atom is -0.434 e. The molecule has 7 heteroatoms. The highest BCUT2D eigenvalue weighted by Crippen LogP contribution is 2.22. The fourth-order valence-electron chi connectivity index (χ4n) is 2.55. The zero-order chi connectivity index (χ0) is 19.8. The molecule has 2 N–H and O–H groups in total. The maximum Gasteiger partial charge on any atom is 0.387 e. The summed E-state index contributed by atoms with van der Waals surface area (Å²) in [5.41, 5.74) is 3.86. The van der Waals surface area contributed by atoms with E-state index in [-0.39, 0.29) is 5.75 Å². The molecule has 0 aliphatic heterocycles. The van der Waals surface area contributed by atoms with Crippen LogP contribution in [-0.4, -0.2) is 33.7 Å². The molecule has 0 spiro atoms. The highest BCUT2D eigenvalue weighted by Gasteiger charge is 2.10. The summed E-state index contributed by atoms with van der Waals surface area (Å²) in [4.78, 5) is 6.21. The summed E-state index contributed by atoms with van der Waals surface area (Å²) >= 11 is 0. The predicted octanol–water partition coefficient (Wildman–Crippen LogP) is 3.53. The van der Waals surface area contributed by atoms with Crippen molar-refractivity contribution in [1.29, 1.82) is 0 Å². The SMILES string of the molecule is CN=C(NCc1ccc(N(C)C)cc1)NCc1cc(C)ccc1OC(F)F. The monoisotopic (exact) mass is 376 g/mol. The number of hydrogen-bond acceptors (Lipinski definition) is 3. The van der Waals surface area contributed by atoms with Gasteiger partial charge in [0, 0.05) is 45.5 Å². The minimum atomic E-state index is -2.85. The molecular weight excluding hydrogens is 350 g/mol. The Balaban J connectivity index is 1.95. The summed E-state index contributed by atoms with van der Waals surface area (Å²) in [5, 5.41) is 6.35. The van der Waals surface area contributed by atoms with E-state index in [4.69, 9.17) is 0 Å². The van der Waals surface area contributed by atoms with Crippen LogP contribution in [0.3, 0.4) is 0 Å². The van der Waals surface area contributed by atoms with E-state index in [1.54, 1.807) is 19.2 Å². The van der Waals surface area contributed by atoms with Crippen LogP contribution in [0.5, 0.6) is 5.75 Å². The second-order valence-corrected chi connectivity index (χ2v) is 6.33. The van der Waals surface area contributed by atoms with Gasteiger partial charge in [-0.3, -0.25) is 4.99 Å². The number of alkyl halides is 2. The summed E-state index contributed by atoms with van der Waals surface area (Å²) in [7, 11) is 5.66. The second-order valence-electron chi connectivity index (χ2n) is 6.33. The Morgan fingerprint density at radius 2 is 1.74 bits per heavy atom. The first-order valence-electron chi connectivity index (χ1n) is 8.64. The first kappa shape index (κ1) is 20.5. The first-order chi connectivity index (χ1) is 12.9. The maximum absolute atomic E-state index is 12.6. The quantitative estimate of drug-likeness (QED) is 0.573. The average molecular weight is 376 g/mol. The van der Waals surface area contributed by atoms with Crippen LogP contribution < -0.4 is 20.3 Å². The third kappa shape index (κ3) is 6.44. The number of nitrogens with zero attached hydrogens (tertiary/aromatic N) is 2. The summed E-state index contributed by atoms with van der Waals surface area (Å²) in [6.45, 7) is -0.0287. The van der Waals surface area contributed by atoms with Crippen LogP contribution in [0.25, 0.3) is 0 Å². The molecule has 0 saturated carbocycles. The Bertz CT molecular complexity index is 761. The lowest BCUT2D eigenvalue weighted by Gasteiger charge is -2.16. The third-order valence-corrected chi connectivity index (χ3v) is 4.01. The van der Waals surface area contributed by atoms with Crippen molar-refractivity contribution in [1.82, 2.24) is 10.6 Å². The van der Waals surface area contributed by atoms with Crippen molar-refractivity contribution in [2.45, 2.75) is 26.6 Å². The minimum absolute atomic E-state index is 0.165. The molecule has 0 radical (unpaired) electrons. The molecule has 0 fully saturated rings. The molecular formula is C20H26F2N4O. The van der Waals surface area contributed by atoms with Crippen molar-refractivity contribution in [2.24, 2.45) is 4.99 Å². The zero-order valence-electron chi connectivity index (χ0n) is 16.1. The van der Waals surface area contributed by atoms with Gasteiger partial charge in [0.15, 0.2) is 5.96 Å². The van der Waals surface area contributed by atoms with Gasteiger partial charge in [-0.25, -0.2) is 0 Å². The lowest BCUT2D eigenvalue weighted by molar-refractivity contribution is -0.0504. The van der Waals surface area contributed by atoms with Gasteiger partial charge in [-0.1, -0.05) is 29.8 Å². The van der Waals surface area contributed by atoms with E-state index in [0.29, 0.717) is 24.6 Å². The summed E-state index contributed by atoms with van der Waals surface area (Å²) < 4.78 is 29.7. The van der Waals surface area contributed by atoms with E-state index in [1.807, 2.05) is 56.3 Å². The van der Waals surface area contributed by atoms with E-state index in [2.05, 4.69) is 20.4 Å². The highest BCUT2D eigenvalue weighted by atomic mass is 19.3. The Morgan fingerprint density at radius 1 is 1.07 bits per heavy atom. The molecule has 27 heavy (non-hydrogen) atoms. The van der Waals surface area contributed by atoms with Crippen LogP contribution in [-0.2, 0) is 13.1 Å². The number of benzene rings is 2. The van der Waals surface area contributed by atoms with Gasteiger partial charge in [0.05, 0.1) is 0 Å². The van der Waals surface area contributed by atoms with Gasteiger partial charge in [0.2, 0.25) is 0 Å². The van der Waals surface area contributed by atoms with Crippen LogP contribution >= 0.6 is 0 Å². The largest absolute Gasteiger partial charge is 0.434 e. The molecule has 0 saturated heterocycles. The van der Waals surface area contributed by atoms with Crippen molar-refractivity contribution in [2.75, 3.05) is 26.0 Å². The Labute approximate surface area is 159 Å². The Hall–Kier alpha value is -2.83. The molecule has 0 heterocycles. The molecule has 2 aromatic rings. The number of aliphatic imine (C=N–C) groups is 1. The topological polar surface area (TPSA) is 48.9 Å². The fraction of sp³-hybridized carbons (Fsp3) is 0.350. The highest BCUT2D eigenvalue weighted by molar-refractivity contribution is 5.79. The van der Waals surface area contributed by atoms with Crippen LogP contribution in [0.1, 0.15) is 16.7 Å². The van der Waals surface area contributed by atoms with Gasteiger partial charge in [0.25, 0.3) is 0 Å². The van der Waals surface area contributed by atoms with Crippen molar-refractivity contribution in [3.63, 3.8) is 0 Å². The van der Waals surface area contributed by atoms with Gasteiger partial charge in [-0.15, -0.1) is 0 Å². The summed E-state index contributed by atoms with van der Waals surface area (Å²) in [6.07, 6.45) is 0. The maximum atomic E-state index is 12.6. The van der Waals surface area contributed by atoms with E-state index in [1.165, 1.54) is 0 Å². The van der Waals surface area contributed by atoms with Gasteiger partial charge < -0.3 is 20.3 Å². The first-order valence-corrected chi connectivity index (χ1v) is 8.64. The molecule has 146 valence electrons. The summed E-state index contributed by atoms with van der Waals surface area (Å²) in [5.74, 6) is 0.744. The van der Waals surface area contributed by atoms with Crippen molar-refractivity contribution in [3.8, 4) is 5.75 Å². The van der Waals surface area contributed by atoms with Crippen molar-refractivity contribution >= 4 is 11.6 Å². The van der Waals surface area contributed by atoms with Crippen LogP contribution in [0.4, 0.5) is 14.5 Å². The van der Waals surface area contributed by atoms with E-state index >= 15 is 0 Å². The van der Waals surface area contributed by atoms with Crippen LogP contribution in [0.2, 0.25) is 0 Å². The molecule has 0 unspecified atom stereocenters. The number of aryl methyl sites for hydroxylation is 1.